The average Bonchev–Trinajstić information content (AvgIpc) is 2.85. The number of hydrogen-bond donors (Lipinski definition) is 1. The molecule has 24 heavy (non-hydrogen) atoms. The lowest BCUT2D eigenvalue weighted by Crippen LogP contribution is -2.34. The number of nitrogens with one attached hydrogen (secondary N) is 1. The van der Waals surface area contributed by atoms with Crippen molar-refractivity contribution in [3.63, 3.8) is 0 Å². The number of carbonyl (C=O) groups is 1. The summed E-state index contributed by atoms with van der Waals surface area (Å²) in [5.74, 6) is 0.986. The summed E-state index contributed by atoms with van der Waals surface area (Å²) < 4.78 is 39.1. The number of halogens is 4. The molecule has 1 aromatic carbocycles. The smallest absolute Gasteiger partial charge is 0.342 e. The Hall–Kier alpha value is -1.27. The normalized spacial score (nSPS) is 24.0. The maximum atomic E-state index is 13.0. The van der Waals surface area contributed by atoms with Crippen LogP contribution in [0.5, 0.6) is 0 Å². The fourth-order valence-electron chi connectivity index (χ4n) is 3.69. The summed E-state index contributed by atoms with van der Waals surface area (Å²) in [6.07, 6.45) is -2.73. The van der Waals surface area contributed by atoms with Gasteiger partial charge in [-0.15, -0.1) is 12.4 Å². The van der Waals surface area contributed by atoms with E-state index in [1.807, 2.05) is 0 Å². The zero-order valence-corrected chi connectivity index (χ0v) is 14.1. The van der Waals surface area contributed by atoms with Gasteiger partial charge in [-0.05, 0) is 49.4 Å². The van der Waals surface area contributed by atoms with Crippen molar-refractivity contribution in [2.75, 3.05) is 26.2 Å². The molecular formula is C17H22ClF3N2O. The summed E-state index contributed by atoms with van der Waals surface area (Å²) in [4.78, 5) is 14.2. The number of rotatable bonds is 2. The summed E-state index contributed by atoms with van der Waals surface area (Å²) >= 11 is 0. The lowest BCUT2D eigenvalue weighted by molar-refractivity contribution is -0.138. The molecule has 0 unspecified atom stereocenters. The van der Waals surface area contributed by atoms with Crippen molar-refractivity contribution in [1.29, 1.82) is 0 Å². The van der Waals surface area contributed by atoms with Crippen molar-refractivity contribution in [2.24, 2.45) is 11.8 Å². The van der Waals surface area contributed by atoms with Crippen molar-refractivity contribution >= 4 is 18.3 Å². The van der Waals surface area contributed by atoms with Crippen LogP contribution in [0.15, 0.2) is 24.3 Å². The molecule has 2 atom stereocenters. The van der Waals surface area contributed by atoms with Crippen molar-refractivity contribution in [3.8, 4) is 0 Å². The van der Waals surface area contributed by atoms with Crippen molar-refractivity contribution in [2.45, 2.75) is 25.4 Å². The van der Waals surface area contributed by atoms with Gasteiger partial charge in [-0.25, -0.2) is 0 Å². The molecule has 2 aliphatic rings. The molecule has 0 aromatic heterocycles. The Bertz CT molecular complexity index is 565. The lowest BCUT2D eigenvalue weighted by atomic mass is 9.92. The molecule has 1 N–H and O–H groups in total. The predicted molar refractivity (Wildman–Crippen MR) is 88.1 cm³/mol. The topological polar surface area (TPSA) is 32.3 Å². The van der Waals surface area contributed by atoms with Crippen LogP contribution in [0, 0.1) is 11.8 Å². The van der Waals surface area contributed by atoms with Crippen LogP contribution in [-0.4, -0.2) is 37.0 Å². The largest absolute Gasteiger partial charge is 0.416 e. The first-order valence-corrected chi connectivity index (χ1v) is 8.09. The second kappa shape index (κ2) is 7.74. The minimum Gasteiger partial charge on any atom is -0.342 e. The Labute approximate surface area is 146 Å². The number of nitrogens with zero attached hydrogens (tertiary/aromatic N) is 1. The van der Waals surface area contributed by atoms with Gasteiger partial charge < -0.3 is 10.2 Å². The summed E-state index contributed by atoms with van der Waals surface area (Å²) in [7, 11) is 0. The van der Waals surface area contributed by atoms with Crippen molar-refractivity contribution in [3.05, 3.63) is 35.4 Å². The maximum absolute atomic E-state index is 13.0. The third-order valence-electron chi connectivity index (χ3n) is 5.04. The summed E-state index contributed by atoms with van der Waals surface area (Å²) in [6.45, 7) is 3.28. The Kier molecular flexibility index (Phi) is 6.15. The highest BCUT2D eigenvalue weighted by Gasteiger charge is 2.35. The highest BCUT2D eigenvalue weighted by molar-refractivity contribution is 5.85. The number of benzene rings is 1. The van der Waals surface area contributed by atoms with E-state index in [-0.39, 0.29) is 30.3 Å². The van der Waals surface area contributed by atoms with Gasteiger partial charge >= 0.3 is 6.18 Å². The Morgan fingerprint density at radius 3 is 2.29 bits per heavy atom. The number of likely N-dealkylation sites (tertiary alicyclic amines) is 1. The van der Waals surface area contributed by atoms with E-state index in [4.69, 9.17) is 0 Å². The number of fused-ring (bicyclic) bond motifs is 1. The molecule has 1 aromatic rings. The molecule has 2 heterocycles. The molecule has 2 aliphatic heterocycles. The monoisotopic (exact) mass is 362 g/mol. The predicted octanol–water partition coefficient (Wildman–Crippen LogP) is 3.13. The van der Waals surface area contributed by atoms with Gasteiger partial charge in [-0.3, -0.25) is 4.79 Å². The summed E-state index contributed by atoms with van der Waals surface area (Å²) in [5, 5.41) is 3.37. The molecule has 3 nitrogen and oxygen atoms in total. The number of hydrogen-bond acceptors (Lipinski definition) is 2. The molecular weight excluding hydrogens is 341 g/mol. The van der Waals surface area contributed by atoms with Crippen molar-refractivity contribution in [1.82, 2.24) is 10.2 Å². The summed E-state index contributed by atoms with van der Waals surface area (Å²) in [6, 6.07) is 5.35. The third kappa shape index (κ3) is 4.22. The van der Waals surface area contributed by atoms with Gasteiger partial charge in [-0.2, -0.15) is 13.2 Å². The first-order chi connectivity index (χ1) is 10.9. The van der Waals surface area contributed by atoms with Crippen LogP contribution in [0.4, 0.5) is 13.2 Å². The Morgan fingerprint density at radius 1 is 1.12 bits per heavy atom. The first kappa shape index (κ1) is 19.1. The highest BCUT2D eigenvalue weighted by Crippen LogP contribution is 2.32. The zero-order valence-electron chi connectivity index (χ0n) is 13.3. The van der Waals surface area contributed by atoms with Crippen LogP contribution in [0.2, 0.25) is 0 Å². The van der Waals surface area contributed by atoms with Crippen LogP contribution in [0.1, 0.15) is 24.0 Å². The average molecular weight is 363 g/mol. The van der Waals surface area contributed by atoms with Gasteiger partial charge in [0.25, 0.3) is 0 Å². The fraction of sp³-hybridized carbons (Fsp3) is 0.588. The van der Waals surface area contributed by atoms with Crippen molar-refractivity contribution < 1.29 is 18.0 Å². The van der Waals surface area contributed by atoms with Gasteiger partial charge in [-0.1, -0.05) is 18.2 Å². The molecule has 0 bridgehead atoms. The number of alkyl halides is 3. The molecule has 7 heteroatoms. The van der Waals surface area contributed by atoms with E-state index < -0.39 is 11.7 Å². The van der Waals surface area contributed by atoms with Gasteiger partial charge in [0.15, 0.2) is 0 Å². The number of amides is 1. The molecule has 0 aliphatic carbocycles. The molecule has 134 valence electrons. The Balaban J connectivity index is 0.00000208. The molecule has 0 spiro atoms. The van der Waals surface area contributed by atoms with E-state index in [1.54, 1.807) is 11.0 Å². The standard InChI is InChI=1S/C17H21F3N2O.ClH/c18-17(19,20)15-4-2-1-3-12(15)9-16(23)22-7-5-13-10-21-11-14(13)6-8-22;/h1-4,13-14,21H,5-11H2;1H/t13-,14+;. The fourth-order valence-corrected chi connectivity index (χ4v) is 3.69. The van der Waals surface area contributed by atoms with Crippen LogP contribution in [-0.2, 0) is 17.4 Å². The van der Waals surface area contributed by atoms with E-state index in [1.165, 1.54) is 12.1 Å². The molecule has 2 saturated heterocycles. The number of carbonyl (C=O) groups excluding carboxylic acids is 1. The highest BCUT2D eigenvalue weighted by atomic mass is 35.5. The van der Waals surface area contributed by atoms with Crippen LogP contribution < -0.4 is 5.32 Å². The molecule has 0 saturated carbocycles. The second-order valence-electron chi connectivity index (χ2n) is 6.47. The van der Waals surface area contributed by atoms with Gasteiger partial charge in [0.2, 0.25) is 5.91 Å². The summed E-state index contributed by atoms with van der Waals surface area (Å²) in [5.41, 5.74) is -0.639. The van der Waals surface area contributed by atoms with Crippen LogP contribution >= 0.6 is 12.4 Å². The Morgan fingerprint density at radius 2 is 1.71 bits per heavy atom. The van der Waals surface area contributed by atoms with Crippen LogP contribution in [0.25, 0.3) is 0 Å². The molecule has 3 rings (SSSR count). The van der Waals surface area contributed by atoms with Gasteiger partial charge in [0, 0.05) is 13.1 Å². The van der Waals surface area contributed by atoms with E-state index in [0.29, 0.717) is 24.9 Å². The second-order valence-corrected chi connectivity index (χ2v) is 6.47. The van der Waals surface area contributed by atoms with Gasteiger partial charge in [0.05, 0.1) is 12.0 Å². The maximum Gasteiger partial charge on any atom is 0.416 e. The molecule has 0 radical (unpaired) electrons. The quantitative estimate of drug-likeness (QED) is 0.876. The SMILES string of the molecule is Cl.O=C(Cc1ccccc1C(F)(F)F)N1CC[C@@H]2CNC[C@@H]2CC1. The van der Waals surface area contributed by atoms with Gasteiger partial charge in [0.1, 0.15) is 0 Å². The molecule has 2 fully saturated rings. The minimum absolute atomic E-state index is 0. The van der Waals surface area contributed by atoms with E-state index in [2.05, 4.69) is 5.32 Å². The molecule has 1 amide bonds. The lowest BCUT2D eigenvalue weighted by Gasteiger charge is -2.22. The van der Waals surface area contributed by atoms with E-state index in [9.17, 15) is 18.0 Å². The first-order valence-electron chi connectivity index (χ1n) is 8.09. The van der Waals surface area contributed by atoms with E-state index in [0.717, 1.165) is 32.0 Å². The van der Waals surface area contributed by atoms with Crippen LogP contribution in [0.3, 0.4) is 0 Å². The van der Waals surface area contributed by atoms with E-state index >= 15 is 0 Å². The minimum atomic E-state index is -4.42. The zero-order chi connectivity index (χ0) is 16.4. The third-order valence-corrected chi connectivity index (χ3v) is 5.04.